The van der Waals surface area contributed by atoms with Crippen LogP contribution in [0.3, 0.4) is 0 Å². The van der Waals surface area contributed by atoms with Gasteiger partial charge in [-0.25, -0.2) is 0 Å². The molecule has 4 nitrogen and oxygen atoms in total. The third kappa shape index (κ3) is 3.71. The number of fused-ring (bicyclic) bond motifs is 1. The molecule has 1 N–H and O–H groups in total. The average Bonchev–Trinajstić information content (AvgIpc) is 2.45. The predicted molar refractivity (Wildman–Crippen MR) is 76.1 cm³/mol. The van der Waals surface area contributed by atoms with Crippen LogP contribution in [0.15, 0.2) is 47.5 Å². The molecule has 96 valence electrons. The Kier molecular flexibility index (Phi) is 4.35. The van der Waals surface area contributed by atoms with Gasteiger partial charge in [-0.1, -0.05) is 30.3 Å². The molecule has 0 amide bonds. The number of nitriles is 1. The van der Waals surface area contributed by atoms with Crippen molar-refractivity contribution in [3.8, 4) is 11.9 Å². The molecule has 0 radical (unpaired) electrons. The Morgan fingerprint density at radius 2 is 2.11 bits per heavy atom. The lowest BCUT2D eigenvalue weighted by Crippen LogP contribution is -2.14. The first-order valence-corrected chi connectivity index (χ1v) is 6.07. The Hall–Kier alpha value is -2.54. The second kappa shape index (κ2) is 6.41. The Labute approximate surface area is 112 Å². The van der Waals surface area contributed by atoms with Crippen molar-refractivity contribution in [2.24, 2.45) is 4.99 Å². The lowest BCUT2D eigenvalue weighted by atomic mass is 10.1. The molecular formula is C15H15N3O. The van der Waals surface area contributed by atoms with Gasteiger partial charge in [-0.05, 0) is 29.8 Å². The Balaban J connectivity index is 1.96. The third-order valence-corrected chi connectivity index (χ3v) is 2.67. The topological polar surface area (TPSA) is 57.4 Å². The van der Waals surface area contributed by atoms with E-state index in [1.54, 1.807) is 6.19 Å². The average molecular weight is 253 g/mol. The summed E-state index contributed by atoms with van der Waals surface area (Å²) in [6, 6.07) is 14.1. The maximum Gasteiger partial charge on any atom is 0.182 e. The highest BCUT2D eigenvalue weighted by molar-refractivity contribution is 5.83. The molecular weight excluding hydrogens is 238 g/mol. The van der Waals surface area contributed by atoms with Crippen molar-refractivity contribution < 1.29 is 4.74 Å². The Bertz CT molecular complexity index is 616. The molecule has 0 aromatic heterocycles. The van der Waals surface area contributed by atoms with E-state index in [4.69, 9.17) is 10.00 Å². The molecule has 0 fully saturated rings. The highest BCUT2D eigenvalue weighted by atomic mass is 16.5. The third-order valence-electron chi connectivity index (χ3n) is 2.67. The highest BCUT2D eigenvalue weighted by Gasteiger charge is 2.01. The summed E-state index contributed by atoms with van der Waals surface area (Å²) < 4.78 is 5.68. The van der Waals surface area contributed by atoms with Gasteiger partial charge in [0, 0.05) is 0 Å². The summed E-state index contributed by atoms with van der Waals surface area (Å²) >= 11 is 0. The van der Waals surface area contributed by atoms with Crippen molar-refractivity contribution >= 4 is 17.1 Å². The summed E-state index contributed by atoms with van der Waals surface area (Å²) in [6.07, 6.45) is 3.16. The molecule has 0 saturated heterocycles. The van der Waals surface area contributed by atoms with Crippen LogP contribution in [0.5, 0.6) is 5.75 Å². The van der Waals surface area contributed by atoms with E-state index < -0.39 is 0 Å². The minimum atomic E-state index is -0.00711. The molecule has 0 spiro atoms. The van der Waals surface area contributed by atoms with Crippen LogP contribution in [0, 0.1) is 11.5 Å². The number of hydrogen-bond acceptors (Lipinski definition) is 3. The van der Waals surface area contributed by atoms with Gasteiger partial charge in [0.25, 0.3) is 0 Å². The molecule has 0 aliphatic rings. The lowest BCUT2D eigenvalue weighted by molar-refractivity contribution is 0.297. The minimum Gasteiger partial charge on any atom is -0.491 e. The predicted octanol–water partition coefficient (Wildman–Crippen LogP) is 2.71. The quantitative estimate of drug-likeness (QED) is 0.386. The molecule has 2 aromatic carbocycles. The van der Waals surface area contributed by atoms with E-state index in [-0.39, 0.29) is 6.04 Å². The summed E-state index contributed by atoms with van der Waals surface area (Å²) in [6.45, 7) is 2.40. The highest BCUT2D eigenvalue weighted by Crippen LogP contribution is 2.20. The number of nitrogens with zero attached hydrogens (tertiary/aromatic N) is 2. The summed E-state index contributed by atoms with van der Waals surface area (Å²) in [5.74, 6) is 0.828. The van der Waals surface area contributed by atoms with E-state index in [1.165, 1.54) is 11.7 Å². The van der Waals surface area contributed by atoms with E-state index in [1.807, 2.05) is 37.3 Å². The second-order valence-electron chi connectivity index (χ2n) is 4.20. The van der Waals surface area contributed by atoms with Gasteiger partial charge in [-0.2, -0.15) is 5.26 Å². The molecule has 1 atom stereocenters. The largest absolute Gasteiger partial charge is 0.491 e. The van der Waals surface area contributed by atoms with Crippen LogP contribution in [0.2, 0.25) is 0 Å². The fourth-order valence-electron chi connectivity index (χ4n) is 1.71. The van der Waals surface area contributed by atoms with Crippen molar-refractivity contribution in [1.82, 2.24) is 5.32 Å². The van der Waals surface area contributed by atoms with Gasteiger partial charge in [-0.15, -0.1) is 0 Å². The number of ether oxygens (including phenoxy) is 1. The standard InChI is InChI=1S/C15H15N3O/c1-12(18-11-17-10-16)9-19-15-7-6-13-4-2-3-5-14(13)8-15/h2-8,11-12H,9H2,1H3,(H,17,18)/t12-/m0/s1. The Morgan fingerprint density at radius 1 is 1.32 bits per heavy atom. The van der Waals surface area contributed by atoms with E-state index >= 15 is 0 Å². The van der Waals surface area contributed by atoms with E-state index in [9.17, 15) is 0 Å². The zero-order valence-electron chi connectivity index (χ0n) is 10.7. The maximum atomic E-state index is 8.30. The molecule has 4 heteroatoms. The zero-order chi connectivity index (χ0) is 13.5. The van der Waals surface area contributed by atoms with E-state index in [0.29, 0.717) is 6.61 Å². The van der Waals surface area contributed by atoms with Crippen molar-refractivity contribution in [2.45, 2.75) is 13.0 Å². The van der Waals surface area contributed by atoms with Crippen LogP contribution < -0.4 is 10.1 Å². The SMILES string of the molecule is C[C@@H](COc1ccc2ccccc2c1)N=CNC#N. The van der Waals surface area contributed by atoms with Crippen LogP contribution >= 0.6 is 0 Å². The maximum absolute atomic E-state index is 8.30. The minimum absolute atomic E-state index is 0.00711. The molecule has 0 aliphatic heterocycles. The first-order valence-electron chi connectivity index (χ1n) is 6.07. The number of nitrogens with one attached hydrogen (secondary N) is 1. The molecule has 0 aliphatic carbocycles. The molecule has 0 heterocycles. The molecule has 0 saturated carbocycles. The van der Waals surface area contributed by atoms with Crippen LogP contribution in [0.4, 0.5) is 0 Å². The summed E-state index contributed by atoms with van der Waals surface area (Å²) in [4.78, 5) is 4.11. The van der Waals surface area contributed by atoms with Crippen molar-refractivity contribution in [3.63, 3.8) is 0 Å². The first-order chi connectivity index (χ1) is 9.29. The second-order valence-corrected chi connectivity index (χ2v) is 4.20. The first kappa shape index (κ1) is 12.9. The normalized spacial score (nSPS) is 12.2. The molecule has 19 heavy (non-hydrogen) atoms. The number of benzene rings is 2. The fourth-order valence-corrected chi connectivity index (χ4v) is 1.71. The van der Waals surface area contributed by atoms with Crippen LogP contribution in [0.1, 0.15) is 6.92 Å². The van der Waals surface area contributed by atoms with Gasteiger partial charge in [0.05, 0.1) is 12.4 Å². The number of hydrogen-bond donors (Lipinski definition) is 1. The van der Waals surface area contributed by atoms with Gasteiger partial charge in [-0.3, -0.25) is 10.3 Å². The number of aliphatic imine (C=N–C) groups is 1. The van der Waals surface area contributed by atoms with Crippen molar-refractivity contribution in [2.75, 3.05) is 6.61 Å². The van der Waals surface area contributed by atoms with Crippen molar-refractivity contribution in [1.29, 1.82) is 5.26 Å². The Morgan fingerprint density at radius 3 is 2.89 bits per heavy atom. The summed E-state index contributed by atoms with van der Waals surface area (Å²) in [5.41, 5.74) is 0. The lowest BCUT2D eigenvalue weighted by Gasteiger charge is -2.09. The van der Waals surface area contributed by atoms with Crippen molar-refractivity contribution in [3.05, 3.63) is 42.5 Å². The zero-order valence-corrected chi connectivity index (χ0v) is 10.7. The smallest absolute Gasteiger partial charge is 0.182 e. The fraction of sp³-hybridized carbons (Fsp3) is 0.200. The van der Waals surface area contributed by atoms with Gasteiger partial charge >= 0.3 is 0 Å². The van der Waals surface area contributed by atoms with Crippen LogP contribution in [0.25, 0.3) is 10.8 Å². The molecule has 0 unspecified atom stereocenters. The van der Waals surface area contributed by atoms with Gasteiger partial charge < -0.3 is 4.74 Å². The molecule has 0 bridgehead atoms. The monoisotopic (exact) mass is 253 g/mol. The van der Waals surface area contributed by atoms with Crippen LogP contribution in [-0.4, -0.2) is 19.0 Å². The molecule has 2 rings (SSSR count). The van der Waals surface area contributed by atoms with Gasteiger partial charge in [0.1, 0.15) is 12.4 Å². The van der Waals surface area contributed by atoms with E-state index in [0.717, 1.165) is 11.1 Å². The van der Waals surface area contributed by atoms with E-state index in [2.05, 4.69) is 22.4 Å². The number of rotatable bonds is 5. The molecule has 2 aromatic rings. The summed E-state index contributed by atoms with van der Waals surface area (Å²) in [7, 11) is 0. The van der Waals surface area contributed by atoms with Gasteiger partial charge in [0.15, 0.2) is 6.19 Å². The summed E-state index contributed by atoms with van der Waals surface area (Å²) in [5, 5.41) is 13.0. The van der Waals surface area contributed by atoms with Gasteiger partial charge in [0.2, 0.25) is 0 Å². The van der Waals surface area contributed by atoms with Crippen LogP contribution in [-0.2, 0) is 0 Å².